The van der Waals surface area contributed by atoms with Crippen LogP contribution < -0.4 is 4.90 Å². The zero-order valence-electron chi connectivity index (χ0n) is 22.8. The molecule has 3 aliphatic rings. The largest absolute Gasteiger partial charge is 0.465 e. The predicted octanol–water partition coefficient (Wildman–Crippen LogP) is 4.15. The maximum absolute atomic E-state index is 14.6. The summed E-state index contributed by atoms with van der Waals surface area (Å²) in [5, 5.41) is 10.9. The van der Waals surface area contributed by atoms with Crippen LogP contribution in [-0.2, 0) is 23.9 Å². The van der Waals surface area contributed by atoms with E-state index in [9.17, 15) is 19.5 Å². The molecular formula is C30H39ClN2O6. The second kappa shape index (κ2) is 12.2. The Kier molecular flexibility index (Phi) is 9.19. The molecule has 8 nitrogen and oxygen atoms in total. The highest BCUT2D eigenvalue weighted by atomic mass is 35.5. The molecule has 4 rings (SSSR count). The molecule has 212 valence electrons. The van der Waals surface area contributed by atoms with E-state index in [0.29, 0.717) is 42.8 Å². The van der Waals surface area contributed by atoms with Crippen LogP contribution in [0.3, 0.4) is 0 Å². The van der Waals surface area contributed by atoms with Crippen LogP contribution in [0.25, 0.3) is 0 Å². The summed E-state index contributed by atoms with van der Waals surface area (Å²) in [7, 11) is 0. The molecule has 3 saturated heterocycles. The first-order valence-corrected chi connectivity index (χ1v) is 14.2. The highest BCUT2D eigenvalue weighted by molar-refractivity contribution is 6.34. The third-order valence-corrected chi connectivity index (χ3v) is 8.93. The summed E-state index contributed by atoms with van der Waals surface area (Å²) < 4.78 is 12.1. The van der Waals surface area contributed by atoms with E-state index in [1.165, 1.54) is 9.80 Å². The number of ether oxygens (including phenoxy) is 2. The molecule has 3 heterocycles. The normalized spacial score (nSPS) is 28.6. The van der Waals surface area contributed by atoms with Gasteiger partial charge in [-0.25, -0.2) is 0 Å². The van der Waals surface area contributed by atoms with E-state index in [2.05, 4.69) is 13.2 Å². The Morgan fingerprint density at radius 3 is 2.72 bits per heavy atom. The maximum Gasteiger partial charge on any atom is 0.312 e. The quantitative estimate of drug-likeness (QED) is 0.222. The summed E-state index contributed by atoms with van der Waals surface area (Å²) in [4.78, 5) is 45.2. The number of benzene rings is 1. The van der Waals surface area contributed by atoms with Gasteiger partial charge in [0.1, 0.15) is 11.6 Å². The van der Waals surface area contributed by atoms with Crippen molar-refractivity contribution in [2.75, 3.05) is 24.7 Å². The van der Waals surface area contributed by atoms with E-state index >= 15 is 0 Å². The number of unbranched alkanes of at least 4 members (excludes halogenated alkanes) is 1. The Balaban J connectivity index is 1.78. The minimum atomic E-state index is -1.20. The summed E-state index contributed by atoms with van der Waals surface area (Å²) >= 11 is 6.51. The molecule has 9 heteroatoms. The molecule has 3 aliphatic heterocycles. The maximum atomic E-state index is 14.6. The van der Waals surface area contributed by atoms with Gasteiger partial charge in [0, 0.05) is 6.54 Å². The first-order valence-electron chi connectivity index (χ1n) is 13.8. The summed E-state index contributed by atoms with van der Waals surface area (Å²) in [6.07, 6.45) is 5.88. The standard InChI is InChI=1S/C30H39ClN2O6/c1-5-8-11-17-38-29(37)24-23-14-15-30(39-23)25(24)27(35)33(22(18-34)19(4)7-3)26(30)28(36)32(16-6-2)21-13-10-9-12-20(21)31/h5-6,9-10,12-13,19,22-26,34H,1-2,7-8,11,14-18H2,3-4H3/t19-,22-,23-,24+,25-,26?,30?/m0/s1. The van der Waals surface area contributed by atoms with Crippen molar-refractivity contribution in [1.29, 1.82) is 0 Å². The third kappa shape index (κ3) is 5.03. The van der Waals surface area contributed by atoms with Gasteiger partial charge in [-0.2, -0.15) is 0 Å². The average Bonchev–Trinajstić information content (AvgIpc) is 3.58. The lowest BCUT2D eigenvalue weighted by Gasteiger charge is -2.41. The van der Waals surface area contributed by atoms with Gasteiger partial charge < -0.3 is 24.4 Å². The van der Waals surface area contributed by atoms with Crippen molar-refractivity contribution in [2.24, 2.45) is 17.8 Å². The molecule has 2 unspecified atom stereocenters. The SMILES string of the molecule is C=CCCCOC(=O)[C@@H]1[C@@H]2CCC3(O2)C(C(=O)N(CC=C)c2ccccc2Cl)N([C@@H](CO)[C@@H](C)CC)C(=O)[C@H]13. The van der Waals surface area contributed by atoms with Crippen molar-refractivity contribution >= 4 is 35.1 Å². The monoisotopic (exact) mass is 558 g/mol. The van der Waals surface area contributed by atoms with Gasteiger partial charge in [-0.05, 0) is 43.7 Å². The van der Waals surface area contributed by atoms with Gasteiger partial charge in [0.25, 0.3) is 5.91 Å². The van der Waals surface area contributed by atoms with Crippen LogP contribution in [0.4, 0.5) is 5.69 Å². The Hall–Kier alpha value is -2.68. The first kappa shape index (κ1) is 29.3. The Bertz CT molecular complexity index is 1110. The topological polar surface area (TPSA) is 96.4 Å². The van der Waals surface area contributed by atoms with Crippen molar-refractivity contribution in [3.8, 4) is 0 Å². The fourth-order valence-electron chi connectivity index (χ4n) is 6.56. The number of para-hydroxylation sites is 1. The van der Waals surface area contributed by atoms with Crippen molar-refractivity contribution < 1.29 is 29.0 Å². The second-order valence-corrected chi connectivity index (χ2v) is 11.1. The molecule has 0 aromatic heterocycles. The molecule has 39 heavy (non-hydrogen) atoms. The predicted molar refractivity (Wildman–Crippen MR) is 149 cm³/mol. The molecule has 1 spiro atoms. The number of rotatable bonds is 13. The van der Waals surface area contributed by atoms with Crippen molar-refractivity contribution in [1.82, 2.24) is 4.90 Å². The van der Waals surface area contributed by atoms with Gasteiger partial charge in [0.2, 0.25) is 5.91 Å². The van der Waals surface area contributed by atoms with Crippen LogP contribution in [0.15, 0.2) is 49.6 Å². The van der Waals surface area contributed by atoms with Gasteiger partial charge in [-0.15, -0.1) is 13.2 Å². The van der Waals surface area contributed by atoms with Crippen molar-refractivity contribution in [2.45, 2.75) is 69.7 Å². The lowest BCUT2D eigenvalue weighted by molar-refractivity contribution is -0.156. The van der Waals surface area contributed by atoms with Crippen LogP contribution in [0.5, 0.6) is 0 Å². The molecule has 2 amide bonds. The smallest absolute Gasteiger partial charge is 0.312 e. The summed E-state index contributed by atoms with van der Waals surface area (Å²) in [6, 6.07) is 5.34. The number of anilines is 1. The summed E-state index contributed by atoms with van der Waals surface area (Å²) in [6.45, 7) is 11.5. The number of halogens is 1. The number of hydrogen-bond acceptors (Lipinski definition) is 6. The van der Waals surface area contributed by atoms with Gasteiger partial charge in [-0.3, -0.25) is 14.4 Å². The molecule has 1 aromatic rings. The van der Waals surface area contributed by atoms with Crippen LogP contribution in [0, 0.1) is 17.8 Å². The van der Waals surface area contributed by atoms with Gasteiger partial charge >= 0.3 is 5.97 Å². The van der Waals surface area contributed by atoms with E-state index in [1.807, 2.05) is 13.8 Å². The zero-order chi connectivity index (χ0) is 28.3. The number of likely N-dealkylation sites (tertiary alicyclic amines) is 1. The number of amides is 2. The summed E-state index contributed by atoms with van der Waals surface area (Å²) in [5.41, 5.74) is -0.711. The van der Waals surface area contributed by atoms with Crippen LogP contribution >= 0.6 is 11.6 Å². The molecule has 1 N–H and O–H groups in total. The number of nitrogens with zero attached hydrogens (tertiary/aromatic N) is 2. The van der Waals surface area contributed by atoms with Gasteiger partial charge in [0.05, 0.1) is 47.9 Å². The molecule has 2 bridgehead atoms. The fourth-order valence-corrected chi connectivity index (χ4v) is 6.80. The molecule has 1 aromatic carbocycles. The molecule has 0 radical (unpaired) electrons. The average molecular weight is 559 g/mol. The van der Waals surface area contributed by atoms with E-state index in [-0.39, 0.29) is 37.5 Å². The van der Waals surface area contributed by atoms with Crippen LogP contribution in [-0.4, -0.2) is 71.3 Å². The molecule has 7 atom stereocenters. The van der Waals surface area contributed by atoms with E-state index in [4.69, 9.17) is 21.1 Å². The second-order valence-electron chi connectivity index (χ2n) is 10.7. The Morgan fingerprint density at radius 2 is 2.08 bits per heavy atom. The van der Waals surface area contributed by atoms with Crippen LogP contribution in [0.2, 0.25) is 5.02 Å². The van der Waals surface area contributed by atoms with Crippen molar-refractivity contribution in [3.63, 3.8) is 0 Å². The van der Waals surface area contributed by atoms with E-state index in [0.717, 1.165) is 0 Å². The minimum absolute atomic E-state index is 0.0980. The number of esters is 1. The Labute approximate surface area is 235 Å². The molecule has 0 aliphatic carbocycles. The number of carbonyl (C=O) groups excluding carboxylic acids is 3. The highest BCUT2D eigenvalue weighted by Crippen LogP contribution is 2.59. The lowest BCUT2D eigenvalue weighted by atomic mass is 9.70. The van der Waals surface area contributed by atoms with E-state index in [1.54, 1.807) is 36.4 Å². The fraction of sp³-hybridized carbons (Fsp3) is 0.567. The van der Waals surface area contributed by atoms with Gasteiger partial charge in [0.15, 0.2) is 0 Å². The first-order chi connectivity index (χ1) is 18.8. The minimum Gasteiger partial charge on any atom is -0.465 e. The molecular weight excluding hydrogens is 520 g/mol. The summed E-state index contributed by atoms with van der Waals surface area (Å²) in [5.74, 6) is -2.97. The van der Waals surface area contributed by atoms with Crippen LogP contribution in [0.1, 0.15) is 46.0 Å². The highest BCUT2D eigenvalue weighted by Gasteiger charge is 2.75. The van der Waals surface area contributed by atoms with Crippen molar-refractivity contribution in [3.05, 3.63) is 54.6 Å². The molecule has 3 fully saturated rings. The zero-order valence-corrected chi connectivity index (χ0v) is 23.5. The number of fused-ring (bicyclic) bond motifs is 1. The van der Waals surface area contributed by atoms with Gasteiger partial charge in [-0.1, -0.05) is 56.2 Å². The lowest BCUT2D eigenvalue weighted by Crippen LogP contribution is -2.60. The number of allylic oxidation sites excluding steroid dienone is 1. The third-order valence-electron chi connectivity index (χ3n) is 8.61. The molecule has 0 saturated carbocycles. The number of hydrogen-bond donors (Lipinski definition) is 1. The van der Waals surface area contributed by atoms with E-state index < -0.39 is 41.6 Å². The number of aliphatic hydroxyl groups is 1. The Morgan fingerprint density at radius 1 is 1.33 bits per heavy atom. The number of aliphatic hydroxyl groups excluding tert-OH is 1. The number of carbonyl (C=O) groups is 3.